The van der Waals surface area contributed by atoms with E-state index in [4.69, 9.17) is 14.2 Å². The van der Waals surface area contributed by atoms with Gasteiger partial charge in [0.2, 0.25) is 0 Å². The van der Waals surface area contributed by atoms with Gasteiger partial charge in [-0.3, -0.25) is 14.4 Å². The molecule has 1 unspecified atom stereocenters. The molecule has 0 N–H and O–H groups in total. The lowest BCUT2D eigenvalue weighted by Crippen LogP contribution is -2.30. The van der Waals surface area contributed by atoms with Crippen LogP contribution in [0.5, 0.6) is 0 Å². The maximum absolute atomic E-state index is 12.7. The van der Waals surface area contributed by atoms with E-state index in [1.165, 1.54) is 25.7 Å². The van der Waals surface area contributed by atoms with Crippen LogP contribution in [-0.2, 0) is 28.6 Å². The zero-order valence-electron chi connectivity index (χ0n) is 45.4. The van der Waals surface area contributed by atoms with Gasteiger partial charge in [0, 0.05) is 19.3 Å². The van der Waals surface area contributed by atoms with Gasteiger partial charge in [0.25, 0.3) is 0 Å². The Kier molecular flexibility index (Phi) is 54.0. The molecule has 0 aromatic heterocycles. The largest absolute Gasteiger partial charge is 0.462 e. The molecule has 0 fully saturated rings. The van der Waals surface area contributed by atoms with Crippen LogP contribution in [0.15, 0.2) is 146 Å². The van der Waals surface area contributed by atoms with Crippen molar-refractivity contribution in [3.63, 3.8) is 0 Å². The average Bonchev–Trinajstić information content (AvgIpc) is 3.37. The molecule has 0 rings (SSSR count). The van der Waals surface area contributed by atoms with Gasteiger partial charge in [0.1, 0.15) is 13.2 Å². The van der Waals surface area contributed by atoms with Gasteiger partial charge >= 0.3 is 17.9 Å². The number of hydrogen-bond donors (Lipinski definition) is 0. The maximum Gasteiger partial charge on any atom is 0.306 e. The van der Waals surface area contributed by atoms with Gasteiger partial charge < -0.3 is 14.2 Å². The first kappa shape index (κ1) is 66.3. The molecule has 71 heavy (non-hydrogen) atoms. The van der Waals surface area contributed by atoms with Crippen molar-refractivity contribution in [3.05, 3.63) is 146 Å². The normalized spacial score (nSPS) is 13.2. The first-order valence-corrected chi connectivity index (χ1v) is 28.3. The first-order chi connectivity index (χ1) is 35.0. The van der Waals surface area contributed by atoms with Crippen molar-refractivity contribution >= 4 is 17.9 Å². The Morgan fingerprint density at radius 1 is 0.296 bits per heavy atom. The number of rotatable bonds is 49. The van der Waals surface area contributed by atoms with E-state index in [0.717, 1.165) is 161 Å². The predicted octanol–water partition coefficient (Wildman–Crippen LogP) is 19.2. The Balaban J connectivity index is 4.09. The Bertz CT molecular complexity index is 1590. The number of allylic oxidation sites excluding steroid dienone is 24. The maximum atomic E-state index is 12.7. The van der Waals surface area contributed by atoms with Crippen LogP contribution in [0.3, 0.4) is 0 Å². The molecule has 0 aliphatic carbocycles. The quantitative estimate of drug-likeness (QED) is 0.0262. The molecule has 0 radical (unpaired) electrons. The highest BCUT2D eigenvalue weighted by Gasteiger charge is 2.19. The van der Waals surface area contributed by atoms with Crippen molar-refractivity contribution in [2.45, 2.75) is 232 Å². The number of carbonyl (C=O) groups excluding carboxylic acids is 3. The fraction of sp³-hybridized carbons (Fsp3) is 0.585. The lowest BCUT2D eigenvalue weighted by atomic mass is 10.1. The first-order valence-electron chi connectivity index (χ1n) is 28.3. The highest BCUT2D eigenvalue weighted by Crippen LogP contribution is 2.13. The van der Waals surface area contributed by atoms with E-state index in [2.05, 4.69) is 167 Å². The fourth-order valence-electron chi connectivity index (χ4n) is 7.15. The summed E-state index contributed by atoms with van der Waals surface area (Å²) in [5.41, 5.74) is 0. The molecule has 0 aromatic rings. The molecule has 0 saturated heterocycles. The van der Waals surface area contributed by atoms with Gasteiger partial charge in [-0.05, 0) is 122 Å². The van der Waals surface area contributed by atoms with Crippen molar-refractivity contribution in [1.29, 1.82) is 0 Å². The van der Waals surface area contributed by atoms with Crippen molar-refractivity contribution in [1.82, 2.24) is 0 Å². The van der Waals surface area contributed by atoms with Gasteiger partial charge in [-0.2, -0.15) is 0 Å². The predicted molar refractivity (Wildman–Crippen MR) is 306 cm³/mol. The summed E-state index contributed by atoms with van der Waals surface area (Å²) in [6.07, 6.45) is 83.2. The zero-order valence-corrected chi connectivity index (χ0v) is 45.4. The lowest BCUT2D eigenvalue weighted by Gasteiger charge is -2.18. The monoisotopic (exact) mass is 979 g/mol. The van der Waals surface area contributed by atoms with Gasteiger partial charge in [-0.25, -0.2) is 0 Å². The summed E-state index contributed by atoms with van der Waals surface area (Å²) in [5.74, 6) is -0.964. The van der Waals surface area contributed by atoms with Crippen LogP contribution in [0, 0.1) is 0 Å². The summed E-state index contributed by atoms with van der Waals surface area (Å²) in [6, 6.07) is 0. The molecule has 0 aliphatic rings. The van der Waals surface area contributed by atoms with Gasteiger partial charge in [0.15, 0.2) is 6.10 Å². The van der Waals surface area contributed by atoms with Crippen LogP contribution in [0.2, 0.25) is 0 Å². The highest BCUT2D eigenvalue weighted by molar-refractivity contribution is 5.71. The molecule has 6 nitrogen and oxygen atoms in total. The topological polar surface area (TPSA) is 78.9 Å². The number of carbonyl (C=O) groups is 3. The molecule has 0 aliphatic heterocycles. The summed E-state index contributed by atoms with van der Waals surface area (Å²) in [6.45, 7) is 6.26. The van der Waals surface area contributed by atoms with Gasteiger partial charge in [0.05, 0.1) is 0 Å². The van der Waals surface area contributed by atoms with Crippen LogP contribution >= 0.6 is 0 Å². The molecule has 0 saturated carbocycles. The minimum Gasteiger partial charge on any atom is -0.462 e. The molecule has 0 spiro atoms. The molecular formula is C65H102O6. The zero-order chi connectivity index (χ0) is 51.4. The Labute approximate surface area is 436 Å². The van der Waals surface area contributed by atoms with E-state index >= 15 is 0 Å². The van der Waals surface area contributed by atoms with Crippen molar-refractivity contribution in [3.8, 4) is 0 Å². The summed E-state index contributed by atoms with van der Waals surface area (Å²) in [5, 5.41) is 0. The van der Waals surface area contributed by atoms with Crippen LogP contribution in [0.4, 0.5) is 0 Å². The number of hydrogen-bond acceptors (Lipinski definition) is 6. The van der Waals surface area contributed by atoms with Gasteiger partial charge in [-0.15, -0.1) is 0 Å². The minimum absolute atomic E-state index is 0.0983. The number of esters is 3. The second kappa shape index (κ2) is 57.9. The van der Waals surface area contributed by atoms with E-state index in [9.17, 15) is 14.4 Å². The molecular weight excluding hydrogens is 877 g/mol. The van der Waals surface area contributed by atoms with E-state index in [-0.39, 0.29) is 37.5 Å². The van der Waals surface area contributed by atoms with Crippen molar-refractivity contribution in [2.75, 3.05) is 13.2 Å². The smallest absolute Gasteiger partial charge is 0.306 e. The third-order valence-electron chi connectivity index (χ3n) is 11.3. The summed E-state index contributed by atoms with van der Waals surface area (Å²) in [4.78, 5) is 37.7. The minimum atomic E-state index is -0.798. The Hall–Kier alpha value is -4.71. The van der Waals surface area contributed by atoms with E-state index in [0.29, 0.717) is 12.8 Å². The van der Waals surface area contributed by atoms with Gasteiger partial charge in [-0.1, -0.05) is 231 Å². The molecule has 1 atom stereocenters. The van der Waals surface area contributed by atoms with Crippen LogP contribution in [0.25, 0.3) is 0 Å². The summed E-state index contributed by atoms with van der Waals surface area (Å²) < 4.78 is 16.6. The number of unbranched alkanes of at least 4 members (excludes halogenated alkanes) is 14. The molecule has 0 heterocycles. The Morgan fingerprint density at radius 2 is 0.549 bits per heavy atom. The molecule has 0 aromatic carbocycles. The SMILES string of the molecule is CC/C=C\C/C=C\C/C=C\C/C=C\C/C=C\C/C=C\C/C=C\C/C=C\C/C=C\CCCCCCCCCC(=O)OCC(COC(=O)CCCCCCC)OC(=O)CCCCC/C=C\C/C=C\C/C=C\CC. The summed E-state index contributed by atoms with van der Waals surface area (Å²) >= 11 is 0. The Morgan fingerprint density at radius 3 is 0.873 bits per heavy atom. The van der Waals surface area contributed by atoms with E-state index in [1.807, 2.05) is 0 Å². The standard InChI is InChI=1S/C65H102O6/c1-4-7-10-13-15-17-19-21-22-23-24-25-26-27-28-29-30-31-32-33-34-35-36-37-38-39-40-41-42-44-45-47-49-52-55-58-64(67)70-61-62(60-69-63(66)57-54-51-12-9-6-3)71-65(68)59-56-53-50-48-46-43-20-18-16-14-11-8-5-2/h7-8,10-11,15-18,21-22,24-25,27-28,30-31,33-34,36-37,39-40,43,46,62H,4-6,9,12-14,19-20,23,26,29,32,35,38,41-42,44-45,47-61H2,1-3H3/b10-7-,11-8-,17-15-,18-16-,22-21-,25-24-,28-27-,31-30-,34-33-,37-36-,40-39-,46-43-. The third kappa shape index (κ3) is 56.1. The van der Waals surface area contributed by atoms with E-state index in [1.54, 1.807) is 0 Å². The lowest BCUT2D eigenvalue weighted by molar-refractivity contribution is -0.167. The second-order valence-corrected chi connectivity index (χ2v) is 18.1. The molecule has 0 bridgehead atoms. The van der Waals surface area contributed by atoms with Crippen LogP contribution in [-0.4, -0.2) is 37.2 Å². The molecule has 0 amide bonds. The van der Waals surface area contributed by atoms with Crippen molar-refractivity contribution in [2.24, 2.45) is 0 Å². The molecule has 398 valence electrons. The molecule has 6 heteroatoms. The van der Waals surface area contributed by atoms with Crippen molar-refractivity contribution < 1.29 is 28.6 Å². The highest BCUT2D eigenvalue weighted by atomic mass is 16.6. The average molecular weight is 980 g/mol. The van der Waals surface area contributed by atoms with Crippen LogP contribution < -0.4 is 0 Å². The third-order valence-corrected chi connectivity index (χ3v) is 11.3. The summed E-state index contributed by atoms with van der Waals surface area (Å²) in [7, 11) is 0. The van der Waals surface area contributed by atoms with E-state index < -0.39 is 6.10 Å². The van der Waals surface area contributed by atoms with Crippen LogP contribution in [0.1, 0.15) is 226 Å². The second-order valence-electron chi connectivity index (χ2n) is 18.1. The fourth-order valence-corrected chi connectivity index (χ4v) is 7.15. The number of ether oxygens (including phenoxy) is 3.